The predicted octanol–water partition coefficient (Wildman–Crippen LogP) is 4.21. The number of hydrogen-bond acceptors (Lipinski definition) is 2. The number of fused-ring (bicyclic) bond motifs is 3. The van der Waals surface area contributed by atoms with Gasteiger partial charge in [-0.3, -0.25) is 0 Å². The summed E-state index contributed by atoms with van der Waals surface area (Å²) in [5.41, 5.74) is 13.3. The van der Waals surface area contributed by atoms with E-state index < -0.39 is 5.97 Å². The molecule has 1 aliphatic rings. The molecule has 3 N–H and O–H groups in total. The summed E-state index contributed by atoms with van der Waals surface area (Å²) in [5, 5.41) is 9.46. The van der Waals surface area contributed by atoms with E-state index in [-0.39, 0.29) is 0 Å². The Kier molecular flexibility index (Phi) is 2.95. The summed E-state index contributed by atoms with van der Waals surface area (Å²) in [6.45, 7) is 0. The van der Waals surface area contributed by atoms with Gasteiger partial charge >= 0.3 is 5.97 Å². The molecule has 3 aromatic rings. The maximum Gasteiger partial charge on any atom is 0.335 e. The molecule has 0 aromatic heterocycles. The Hall–Kier alpha value is -3.07. The number of hydrogen-bond donors (Lipinski definition) is 2. The van der Waals surface area contributed by atoms with E-state index in [1.165, 1.54) is 11.1 Å². The van der Waals surface area contributed by atoms with Crippen molar-refractivity contribution in [1.82, 2.24) is 0 Å². The van der Waals surface area contributed by atoms with Gasteiger partial charge in [-0.2, -0.15) is 0 Å². The van der Waals surface area contributed by atoms with Crippen molar-refractivity contribution >= 4 is 11.7 Å². The standard InChI is InChI=1S/C20H15NO2/c21-15-7-5-12(6-8-15)17-10-14(20(22)23)11-18-16-4-2-1-3-13(16)9-19(17)18/h1-8,10-11H,9,21H2,(H,22,23). The van der Waals surface area contributed by atoms with Gasteiger partial charge < -0.3 is 10.8 Å². The molecule has 0 aliphatic heterocycles. The number of rotatable bonds is 2. The van der Waals surface area contributed by atoms with E-state index in [1.54, 1.807) is 12.1 Å². The van der Waals surface area contributed by atoms with Crippen molar-refractivity contribution in [2.24, 2.45) is 0 Å². The zero-order valence-corrected chi connectivity index (χ0v) is 12.4. The van der Waals surface area contributed by atoms with E-state index in [2.05, 4.69) is 12.1 Å². The molecular formula is C20H15NO2. The first-order valence-corrected chi connectivity index (χ1v) is 7.48. The van der Waals surface area contributed by atoms with Crippen LogP contribution in [0.4, 0.5) is 5.69 Å². The Balaban J connectivity index is 1.99. The molecular weight excluding hydrogens is 286 g/mol. The first-order chi connectivity index (χ1) is 11.1. The number of anilines is 1. The van der Waals surface area contributed by atoms with Gasteiger partial charge in [-0.1, -0.05) is 36.4 Å². The van der Waals surface area contributed by atoms with Gasteiger partial charge in [-0.15, -0.1) is 0 Å². The van der Waals surface area contributed by atoms with E-state index in [9.17, 15) is 9.90 Å². The summed E-state index contributed by atoms with van der Waals surface area (Å²) >= 11 is 0. The molecule has 0 radical (unpaired) electrons. The molecule has 3 nitrogen and oxygen atoms in total. The molecule has 4 rings (SSSR count). The highest BCUT2D eigenvalue weighted by atomic mass is 16.4. The monoisotopic (exact) mass is 301 g/mol. The lowest BCUT2D eigenvalue weighted by Crippen LogP contribution is -1.99. The van der Waals surface area contributed by atoms with Gasteiger partial charge in [0.05, 0.1) is 5.56 Å². The molecule has 3 heteroatoms. The maximum absolute atomic E-state index is 11.5. The molecule has 112 valence electrons. The SMILES string of the molecule is Nc1ccc(-c2cc(C(=O)O)cc3c2Cc2ccccc2-3)cc1. The average Bonchev–Trinajstić information content (AvgIpc) is 2.93. The van der Waals surface area contributed by atoms with E-state index in [4.69, 9.17) is 5.73 Å². The lowest BCUT2D eigenvalue weighted by Gasteiger charge is -2.11. The molecule has 0 fully saturated rings. The lowest BCUT2D eigenvalue weighted by atomic mass is 9.93. The summed E-state index contributed by atoms with van der Waals surface area (Å²) in [4.78, 5) is 11.5. The Bertz CT molecular complexity index is 927. The van der Waals surface area contributed by atoms with Gasteiger partial charge in [0.15, 0.2) is 0 Å². The molecule has 0 amide bonds. The second-order valence-electron chi connectivity index (χ2n) is 5.81. The first-order valence-electron chi connectivity index (χ1n) is 7.48. The van der Waals surface area contributed by atoms with Crippen molar-refractivity contribution in [3.63, 3.8) is 0 Å². The van der Waals surface area contributed by atoms with Crippen molar-refractivity contribution in [3.05, 3.63) is 77.4 Å². The molecule has 0 heterocycles. The molecule has 3 aromatic carbocycles. The van der Waals surface area contributed by atoms with Crippen LogP contribution in [0.3, 0.4) is 0 Å². The number of nitrogen functional groups attached to an aromatic ring is 1. The fourth-order valence-electron chi connectivity index (χ4n) is 3.27. The Morgan fingerprint density at radius 1 is 0.913 bits per heavy atom. The molecule has 0 atom stereocenters. The van der Waals surface area contributed by atoms with Gasteiger partial charge in [0.25, 0.3) is 0 Å². The molecule has 0 unspecified atom stereocenters. The Morgan fingerprint density at radius 3 is 2.35 bits per heavy atom. The van der Waals surface area contributed by atoms with Crippen molar-refractivity contribution in [1.29, 1.82) is 0 Å². The molecule has 1 aliphatic carbocycles. The number of carboxylic acids is 1. The van der Waals surface area contributed by atoms with Crippen molar-refractivity contribution < 1.29 is 9.90 Å². The molecule has 23 heavy (non-hydrogen) atoms. The summed E-state index contributed by atoms with van der Waals surface area (Å²) < 4.78 is 0. The zero-order chi connectivity index (χ0) is 16.0. The zero-order valence-electron chi connectivity index (χ0n) is 12.4. The minimum Gasteiger partial charge on any atom is -0.478 e. The predicted molar refractivity (Wildman–Crippen MR) is 91.5 cm³/mol. The van der Waals surface area contributed by atoms with E-state index in [1.807, 2.05) is 36.4 Å². The topological polar surface area (TPSA) is 63.3 Å². The van der Waals surface area contributed by atoms with Gasteiger partial charge in [0.2, 0.25) is 0 Å². The number of benzene rings is 3. The van der Waals surface area contributed by atoms with Crippen LogP contribution in [0.2, 0.25) is 0 Å². The minimum atomic E-state index is -0.908. The van der Waals surface area contributed by atoms with Crippen LogP contribution >= 0.6 is 0 Å². The van der Waals surface area contributed by atoms with Crippen LogP contribution in [0.25, 0.3) is 22.3 Å². The summed E-state index contributed by atoms with van der Waals surface area (Å²) in [6.07, 6.45) is 0.825. The number of carboxylic acid groups (broad SMARTS) is 1. The highest BCUT2D eigenvalue weighted by molar-refractivity contribution is 5.95. The van der Waals surface area contributed by atoms with Crippen LogP contribution < -0.4 is 5.73 Å². The number of aromatic carboxylic acids is 1. The van der Waals surface area contributed by atoms with Crippen LogP contribution in [0, 0.1) is 0 Å². The van der Waals surface area contributed by atoms with E-state index >= 15 is 0 Å². The number of carbonyl (C=O) groups is 1. The van der Waals surface area contributed by atoms with Crippen molar-refractivity contribution in [2.75, 3.05) is 5.73 Å². The molecule has 0 saturated carbocycles. The summed E-state index contributed by atoms with van der Waals surface area (Å²) in [6, 6.07) is 19.3. The smallest absolute Gasteiger partial charge is 0.335 e. The van der Waals surface area contributed by atoms with Gasteiger partial charge in [-0.25, -0.2) is 4.79 Å². The van der Waals surface area contributed by atoms with Crippen LogP contribution in [0.5, 0.6) is 0 Å². The Morgan fingerprint density at radius 2 is 1.61 bits per heavy atom. The average molecular weight is 301 g/mol. The highest BCUT2D eigenvalue weighted by Crippen LogP contribution is 2.42. The summed E-state index contributed by atoms with van der Waals surface area (Å²) in [5.74, 6) is -0.908. The fraction of sp³-hybridized carbons (Fsp3) is 0.0500. The third kappa shape index (κ3) is 2.18. The van der Waals surface area contributed by atoms with Gasteiger partial charge in [-0.05, 0) is 64.1 Å². The largest absolute Gasteiger partial charge is 0.478 e. The molecule has 0 saturated heterocycles. The second kappa shape index (κ2) is 4.99. The van der Waals surface area contributed by atoms with Crippen LogP contribution in [-0.2, 0) is 6.42 Å². The quantitative estimate of drug-likeness (QED) is 0.545. The minimum absolute atomic E-state index is 0.312. The van der Waals surface area contributed by atoms with E-state index in [0.717, 1.165) is 28.7 Å². The molecule has 0 bridgehead atoms. The highest BCUT2D eigenvalue weighted by Gasteiger charge is 2.23. The fourth-order valence-corrected chi connectivity index (χ4v) is 3.27. The normalized spacial score (nSPS) is 11.8. The van der Waals surface area contributed by atoms with Gasteiger partial charge in [0.1, 0.15) is 0 Å². The van der Waals surface area contributed by atoms with Crippen molar-refractivity contribution in [2.45, 2.75) is 6.42 Å². The van der Waals surface area contributed by atoms with Crippen LogP contribution in [0.15, 0.2) is 60.7 Å². The van der Waals surface area contributed by atoms with Gasteiger partial charge in [0, 0.05) is 5.69 Å². The Labute approximate surface area is 134 Å². The molecule has 0 spiro atoms. The maximum atomic E-state index is 11.5. The van der Waals surface area contributed by atoms with Crippen LogP contribution in [0.1, 0.15) is 21.5 Å². The second-order valence-corrected chi connectivity index (χ2v) is 5.81. The van der Waals surface area contributed by atoms with E-state index in [0.29, 0.717) is 11.3 Å². The first kappa shape index (κ1) is 13.6. The van der Waals surface area contributed by atoms with Crippen molar-refractivity contribution in [3.8, 4) is 22.3 Å². The third-order valence-electron chi connectivity index (χ3n) is 4.39. The number of nitrogens with two attached hydrogens (primary N) is 1. The lowest BCUT2D eigenvalue weighted by molar-refractivity contribution is 0.0697. The third-order valence-corrected chi connectivity index (χ3v) is 4.39. The van der Waals surface area contributed by atoms with Crippen LogP contribution in [-0.4, -0.2) is 11.1 Å². The summed E-state index contributed by atoms with van der Waals surface area (Å²) in [7, 11) is 0.